The Labute approximate surface area is 138 Å². The van der Waals surface area contributed by atoms with Gasteiger partial charge in [-0.1, -0.05) is 60.2 Å². The summed E-state index contributed by atoms with van der Waals surface area (Å²) in [6, 6.07) is 19.4. The summed E-state index contributed by atoms with van der Waals surface area (Å²) in [5.74, 6) is 0. The molecule has 0 aliphatic heterocycles. The van der Waals surface area contributed by atoms with Crippen LogP contribution in [0.5, 0.6) is 0 Å². The van der Waals surface area contributed by atoms with Crippen LogP contribution in [0.2, 0.25) is 0 Å². The van der Waals surface area contributed by atoms with Gasteiger partial charge >= 0.3 is 0 Å². The summed E-state index contributed by atoms with van der Waals surface area (Å²) in [5.41, 5.74) is 7.50. The summed E-state index contributed by atoms with van der Waals surface area (Å²) in [7, 11) is 4.13. The highest BCUT2D eigenvalue weighted by Crippen LogP contribution is 2.29. The fourth-order valence-corrected chi connectivity index (χ4v) is 2.75. The Balaban J connectivity index is 2.16. The zero-order valence-corrected chi connectivity index (χ0v) is 14.0. The summed E-state index contributed by atoms with van der Waals surface area (Å²) in [6.45, 7) is 2.12. The number of hydrogen-bond acceptors (Lipinski definition) is 0. The van der Waals surface area contributed by atoms with Gasteiger partial charge in [0.25, 0.3) is 0 Å². The largest absolute Gasteiger partial charge is 0.235 e. The molecule has 0 fully saturated rings. The first-order valence-electron chi connectivity index (χ1n) is 7.92. The second-order valence-electron chi connectivity index (χ2n) is 6.05. The maximum Gasteiger partial charge on any atom is 0.199 e. The van der Waals surface area contributed by atoms with Crippen LogP contribution < -0.4 is 0 Å². The molecule has 0 radical (unpaired) electrons. The minimum Gasteiger partial charge on any atom is -0.235 e. The molecule has 0 heterocycles. The summed E-state index contributed by atoms with van der Waals surface area (Å²) in [5, 5.41) is 0. The number of hydrogen-bond donors (Lipinski definition) is 0. The molecule has 0 unspecified atom stereocenters. The molecule has 2 aromatic rings. The van der Waals surface area contributed by atoms with E-state index in [2.05, 4.69) is 104 Å². The van der Waals surface area contributed by atoms with Gasteiger partial charge in [0.05, 0.1) is 0 Å². The number of aryl methyl sites for hydroxylation is 1. The Bertz CT molecular complexity index is 794. The fraction of sp³-hybridized carbons (Fsp3) is 0.136. The average Bonchev–Trinajstić information content (AvgIpc) is 2.58. The van der Waals surface area contributed by atoms with Gasteiger partial charge in [0.2, 0.25) is 0 Å². The van der Waals surface area contributed by atoms with Crippen molar-refractivity contribution in [3.8, 4) is 0 Å². The van der Waals surface area contributed by atoms with Gasteiger partial charge < -0.3 is 0 Å². The van der Waals surface area contributed by atoms with Crippen molar-refractivity contribution in [1.29, 1.82) is 0 Å². The Morgan fingerprint density at radius 2 is 1.26 bits per heavy atom. The monoisotopic (exact) mass is 300 g/mol. The van der Waals surface area contributed by atoms with Crippen LogP contribution in [0.3, 0.4) is 0 Å². The lowest BCUT2D eigenvalue weighted by Crippen LogP contribution is -2.10. The smallest absolute Gasteiger partial charge is 0.199 e. The zero-order valence-electron chi connectivity index (χ0n) is 14.0. The molecule has 1 aliphatic rings. The molecular formula is C22H22N+. The van der Waals surface area contributed by atoms with Crippen molar-refractivity contribution in [2.75, 3.05) is 14.1 Å². The minimum absolute atomic E-state index is 1.21. The van der Waals surface area contributed by atoms with Crippen LogP contribution >= 0.6 is 0 Å². The maximum absolute atomic E-state index is 2.21. The minimum atomic E-state index is 1.21. The van der Waals surface area contributed by atoms with Crippen LogP contribution in [0, 0.1) is 6.92 Å². The molecule has 0 spiro atoms. The third-order valence-electron chi connectivity index (χ3n) is 4.08. The van der Waals surface area contributed by atoms with Gasteiger partial charge in [-0.05, 0) is 41.3 Å². The predicted molar refractivity (Wildman–Crippen MR) is 99.0 cm³/mol. The molecule has 114 valence electrons. The van der Waals surface area contributed by atoms with E-state index in [0.29, 0.717) is 0 Å². The number of allylic oxidation sites excluding steroid dienone is 5. The van der Waals surface area contributed by atoms with Gasteiger partial charge in [-0.3, -0.25) is 0 Å². The molecule has 1 aliphatic carbocycles. The third-order valence-corrected chi connectivity index (χ3v) is 4.08. The first-order valence-corrected chi connectivity index (χ1v) is 7.92. The van der Waals surface area contributed by atoms with E-state index in [1.54, 1.807) is 0 Å². The molecule has 0 bridgehead atoms. The van der Waals surface area contributed by atoms with E-state index in [0.717, 1.165) is 0 Å². The molecule has 0 aromatic heterocycles. The normalized spacial score (nSPS) is 13.3. The predicted octanol–water partition coefficient (Wildman–Crippen LogP) is 4.64. The Morgan fingerprint density at radius 3 is 1.83 bits per heavy atom. The standard InChI is InChI=1S/C22H22N/c1-17-9-11-19(12-10-17)22(18-7-5-4-6-8-18)20-13-15-21(16-14-20)23(2)3/h4-16H,1-3H3/q+1. The highest BCUT2D eigenvalue weighted by atomic mass is 14.9. The van der Waals surface area contributed by atoms with Crippen molar-refractivity contribution in [3.63, 3.8) is 0 Å². The van der Waals surface area contributed by atoms with Gasteiger partial charge in [0, 0.05) is 12.2 Å². The van der Waals surface area contributed by atoms with Crippen molar-refractivity contribution < 1.29 is 4.58 Å². The van der Waals surface area contributed by atoms with Crippen molar-refractivity contribution in [1.82, 2.24) is 0 Å². The quantitative estimate of drug-likeness (QED) is 0.711. The van der Waals surface area contributed by atoms with Gasteiger partial charge in [0.1, 0.15) is 14.1 Å². The molecule has 2 aromatic carbocycles. The van der Waals surface area contributed by atoms with Gasteiger partial charge in [-0.2, -0.15) is 0 Å². The number of rotatable bonds is 2. The molecule has 1 nitrogen and oxygen atoms in total. The molecule has 0 saturated heterocycles. The molecule has 23 heavy (non-hydrogen) atoms. The van der Waals surface area contributed by atoms with Gasteiger partial charge in [-0.25, -0.2) is 4.58 Å². The molecule has 3 rings (SSSR count). The SMILES string of the molecule is Cc1ccc(C(=C2C=CC(=[N+](C)C)C=C2)c2ccccc2)cc1. The van der Waals surface area contributed by atoms with Crippen LogP contribution in [0.25, 0.3) is 5.57 Å². The third kappa shape index (κ3) is 3.40. The first-order chi connectivity index (χ1) is 11.1. The van der Waals surface area contributed by atoms with E-state index in [1.807, 2.05) is 0 Å². The summed E-state index contributed by atoms with van der Waals surface area (Å²) >= 11 is 0. The lowest BCUT2D eigenvalue weighted by Gasteiger charge is -2.14. The van der Waals surface area contributed by atoms with Crippen molar-refractivity contribution in [2.24, 2.45) is 0 Å². The molecule has 0 atom stereocenters. The van der Waals surface area contributed by atoms with Crippen molar-refractivity contribution in [3.05, 3.63) is 101 Å². The van der Waals surface area contributed by atoms with Crippen molar-refractivity contribution >= 4 is 11.3 Å². The summed E-state index contributed by atoms with van der Waals surface area (Å²) < 4.78 is 2.12. The van der Waals surface area contributed by atoms with E-state index in [-0.39, 0.29) is 0 Å². The molecule has 1 heteroatoms. The average molecular weight is 300 g/mol. The second-order valence-corrected chi connectivity index (χ2v) is 6.05. The van der Waals surface area contributed by atoms with E-state index in [1.165, 1.54) is 33.5 Å². The van der Waals surface area contributed by atoms with Crippen LogP contribution in [0.15, 0.2) is 84.5 Å². The Morgan fingerprint density at radius 1 is 0.696 bits per heavy atom. The van der Waals surface area contributed by atoms with E-state index in [4.69, 9.17) is 0 Å². The van der Waals surface area contributed by atoms with Crippen LogP contribution in [0.4, 0.5) is 0 Å². The van der Waals surface area contributed by atoms with Gasteiger partial charge in [0.15, 0.2) is 5.71 Å². The van der Waals surface area contributed by atoms with E-state index in [9.17, 15) is 0 Å². The summed E-state index contributed by atoms with van der Waals surface area (Å²) in [4.78, 5) is 0. The topological polar surface area (TPSA) is 3.01 Å². The van der Waals surface area contributed by atoms with Crippen LogP contribution in [-0.4, -0.2) is 24.4 Å². The lowest BCUT2D eigenvalue weighted by molar-refractivity contribution is -0.462. The molecule has 0 amide bonds. The van der Waals surface area contributed by atoms with Crippen LogP contribution in [0.1, 0.15) is 16.7 Å². The Hall–Kier alpha value is -2.67. The fourth-order valence-electron chi connectivity index (χ4n) is 2.75. The molecule has 0 N–H and O–H groups in total. The number of benzene rings is 2. The molecular weight excluding hydrogens is 278 g/mol. The number of nitrogens with zero attached hydrogens (tertiary/aromatic N) is 1. The molecule has 0 saturated carbocycles. The summed E-state index contributed by atoms with van der Waals surface area (Å²) in [6.07, 6.45) is 8.76. The van der Waals surface area contributed by atoms with Crippen molar-refractivity contribution in [2.45, 2.75) is 6.92 Å². The van der Waals surface area contributed by atoms with E-state index >= 15 is 0 Å². The maximum atomic E-state index is 2.21. The van der Waals surface area contributed by atoms with E-state index < -0.39 is 0 Å². The van der Waals surface area contributed by atoms with Crippen LogP contribution in [-0.2, 0) is 0 Å². The van der Waals surface area contributed by atoms with Gasteiger partial charge in [-0.15, -0.1) is 0 Å². The zero-order chi connectivity index (χ0) is 16.2. The highest BCUT2D eigenvalue weighted by molar-refractivity contribution is 6.03. The lowest BCUT2D eigenvalue weighted by atomic mass is 9.90. The second kappa shape index (κ2) is 6.62. The highest BCUT2D eigenvalue weighted by Gasteiger charge is 2.12. The Kier molecular flexibility index (Phi) is 4.38. The first kappa shape index (κ1) is 15.2.